The molecular weight excluding hydrogens is 240 g/mol. The van der Waals surface area contributed by atoms with Gasteiger partial charge in [0.25, 0.3) is 0 Å². The van der Waals surface area contributed by atoms with Crippen molar-refractivity contribution in [1.29, 1.82) is 0 Å². The molecule has 0 aromatic rings. The number of carbonyl (C=O) groups is 1. The van der Waals surface area contributed by atoms with Gasteiger partial charge in [-0.2, -0.15) is 0 Å². The van der Waals surface area contributed by atoms with E-state index in [1.165, 1.54) is 0 Å². The van der Waals surface area contributed by atoms with E-state index in [0.717, 1.165) is 32.4 Å². The molecule has 3 N–H and O–H groups in total. The number of amides is 1. The van der Waals surface area contributed by atoms with Crippen LogP contribution in [-0.4, -0.2) is 36.8 Å². The van der Waals surface area contributed by atoms with Crippen LogP contribution in [0.2, 0.25) is 0 Å². The van der Waals surface area contributed by atoms with Crippen molar-refractivity contribution in [2.24, 2.45) is 5.41 Å². The summed E-state index contributed by atoms with van der Waals surface area (Å²) in [6.45, 7) is 5.95. The second kappa shape index (κ2) is 7.90. The highest BCUT2D eigenvalue weighted by Gasteiger charge is 2.35. The molecule has 1 aliphatic rings. The van der Waals surface area contributed by atoms with Crippen molar-refractivity contribution in [3.8, 4) is 0 Å². The average Bonchev–Trinajstić information content (AvgIpc) is 2.29. The fourth-order valence-electron chi connectivity index (χ4n) is 2.14. The Morgan fingerprint density at radius 3 is 2.76 bits per heavy atom. The van der Waals surface area contributed by atoms with Crippen LogP contribution in [0.25, 0.3) is 0 Å². The Kier molecular flexibility index (Phi) is 7.75. The molecule has 0 saturated carbocycles. The third kappa shape index (κ3) is 4.82. The molecule has 1 heterocycles. The van der Waals surface area contributed by atoms with Gasteiger partial charge in [0.1, 0.15) is 0 Å². The lowest BCUT2D eigenvalue weighted by Gasteiger charge is -2.34. The summed E-state index contributed by atoms with van der Waals surface area (Å²) in [6, 6.07) is 0.108. The molecule has 1 fully saturated rings. The zero-order valence-electron chi connectivity index (χ0n) is 10.8. The minimum atomic E-state index is -0.277. The van der Waals surface area contributed by atoms with E-state index in [-0.39, 0.29) is 36.4 Å². The van der Waals surface area contributed by atoms with Crippen LogP contribution in [0.1, 0.15) is 39.5 Å². The van der Waals surface area contributed by atoms with E-state index in [9.17, 15) is 4.79 Å². The molecule has 0 bridgehead atoms. The van der Waals surface area contributed by atoms with Crippen molar-refractivity contribution < 1.29 is 9.90 Å². The molecule has 17 heavy (non-hydrogen) atoms. The van der Waals surface area contributed by atoms with Crippen LogP contribution in [0.5, 0.6) is 0 Å². The SMILES string of the molecule is CCC(CCO)NC(=O)C1(C)CCCNC1.Cl. The largest absolute Gasteiger partial charge is 0.396 e. The fraction of sp³-hybridized carbons (Fsp3) is 0.917. The molecule has 4 nitrogen and oxygen atoms in total. The van der Waals surface area contributed by atoms with Gasteiger partial charge in [0.05, 0.1) is 5.41 Å². The normalized spacial score (nSPS) is 25.8. The number of hydrogen-bond donors (Lipinski definition) is 3. The van der Waals surface area contributed by atoms with E-state index < -0.39 is 0 Å². The van der Waals surface area contributed by atoms with Crippen LogP contribution in [0.3, 0.4) is 0 Å². The maximum Gasteiger partial charge on any atom is 0.227 e. The Morgan fingerprint density at radius 2 is 2.29 bits per heavy atom. The van der Waals surface area contributed by atoms with Gasteiger partial charge in [-0.1, -0.05) is 6.92 Å². The van der Waals surface area contributed by atoms with Crippen molar-refractivity contribution >= 4 is 18.3 Å². The lowest BCUT2D eigenvalue weighted by molar-refractivity contribution is -0.132. The smallest absolute Gasteiger partial charge is 0.227 e. The molecule has 5 heteroatoms. The number of rotatable bonds is 5. The first-order valence-electron chi connectivity index (χ1n) is 6.25. The number of hydrogen-bond acceptors (Lipinski definition) is 3. The predicted molar refractivity (Wildman–Crippen MR) is 71.4 cm³/mol. The van der Waals surface area contributed by atoms with Gasteiger partial charge >= 0.3 is 0 Å². The first kappa shape index (κ1) is 16.7. The maximum atomic E-state index is 12.1. The summed E-state index contributed by atoms with van der Waals surface area (Å²) in [7, 11) is 0. The molecule has 1 amide bonds. The Hall–Kier alpha value is -0.320. The second-order valence-electron chi connectivity index (χ2n) is 4.93. The number of piperidine rings is 1. The van der Waals surface area contributed by atoms with Crippen LogP contribution in [-0.2, 0) is 4.79 Å². The third-order valence-electron chi connectivity index (χ3n) is 3.45. The maximum absolute atomic E-state index is 12.1. The molecule has 0 aromatic carbocycles. The number of nitrogens with one attached hydrogen (secondary N) is 2. The minimum absolute atomic E-state index is 0. The van der Waals surface area contributed by atoms with E-state index in [4.69, 9.17) is 5.11 Å². The van der Waals surface area contributed by atoms with E-state index in [2.05, 4.69) is 10.6 Å². The highest BCUT2D eigenvalue weighted by Crippen LogP contribution is 2.25. The van der Waals surface area contributed by atoms with Gasteiger partial charge in [0, 0.05) is 19.2 Å². The molecule has 0 aromatic heterocycles. The Balaban J connectivity index is 0.00000256. The molecule has 0 aliphatic carbocycles. The average molecular weight is 265 g/mol. The molecule has 0 radical (unpaired) electrons. The number of aliphatic hydroxyl groups excluding tert-OH is 1. The van der Waals surface area contributed by atoms with Crippen molar-refractivity contribution in [2.75, 3.05) is 19.7 Å². The lowest BCUT2D eigenvalue weighted by Crippen LogP contribution is -2.51. The number of carbonyl (C=O) groups excluding carboxylic acids is 1. The molecular formula is C12H25ClN2O2. The zero-order valence-corrected chi connectivity index (χ0v) is 11.6. The summed E-state index contributed by atoms with van der Waals surface area (Å²) >= 11 is 0. The molecule has 1 rings (SSSR count). The molecule has 2 atom stereocenters. The Labute approximate surface area is 110 Å². The summed E-state index contributed by atoms with van der Waals surface area (Å²) in [4.78, 5) is 12.1. The highest BCUT2D eigenvalue weighted by atomic mass is 35.5. The highest BCUT2D eigenvalue weighted by molar-refractivity contribution is 5.85. The molecule has 0 spiro atoms. The minimum Gasteiger partial charge on any atom is -0.396 e. The fourth-order valence-corrected chi connectivity index (χ4v) is 2.14. The number of aliphatic hydroxyl groups is 1. The van der Waals surface area contributed by atoms with E-state index >= 15 is 0 Å². The predicted octanol–water partition coefficient (Wildman–Crippen LogP) is 1.08. The van der Waals surface area contributed by atoms with Crippen molar-refractivity contribution in [3.63, 3.8) is 0 Å². The van der Waals surface area contributed by atoms with Gasteiger partial charge in [0.2, 0.25) is 5.91 Å². The topological polar surface area (TPSA) is 61.4 Å². The summed E-state index contributed by atoms with van der Waals surface area (Å²) in [5, 5.41) is 15.2. The van der Waals surface area contributed by atoms with Crippen molar-refractivity contribution in [1.82, 2.24) is 10.6 Å². The van der Waals surface area contributed by atoms with Gasteiger partial charge < -0.3 is 15.7 Å². The third-order valence-corrected chi connectivity index (χ3v) is 3.45. The van der Waals surface area contributed by atoms with Gasteiger partial charge in [-0.25, -0.2) is 0 Å². The lowest BCUT2D eigenvalue weighted by atomic mass is 9.81. The Bertz CT molecular complexity index is 231. The summed E-state index contributed by atoms with van der Waals surface area (Å²) in [6.07, 6.45) is 3.52. The van der Waals surface area contributed by atoms with Crippen LogP contribution in [0, 0.1) is 5.41 Å². The standard InChI is InChI=1S/C12H24N2O2.ClH/c1-3-10(5-8-15)14-11(16)12(2)6-4-7-13-9-12;/h10,13,15H,3-9H2,1-2H3,(H,14,16);1H. The van der Waals surface area contributed by atoms with Gasteiger partial charge in [-0.3, -0.25) is 4.79 Å². The Morgan fingerprint density at radius 1 is 1.59 bits per heavy atom. The van der Waals surface area contributed by atoms with Crippen LogP contribution >= 0.6 is 12.4 Å². The quantitative estimate of drug-likeness (QED) is 0.696. The van der Waals surface area contributed by atoms with Gasteiger partial charge in [-0.05, 0) is 39.2 Å². The van der Waals surface area contributed by atoms with Crippen LogP contribution in [0.15, 0.2) is 0 Å². The van der Waals surface area contributed by atoms with Crippen molar-refractivity contribution in [2.45, 2.75) is 45.6 Å². The summed E-state index contributed by atoms with van der Waals surface area (Å²) < 4.78 is 0. The first-order valence-corrected chi connectivity index (χ1v) is 6.25. The second-order valence-corrected chi connectivity index (χ2v) is 4.93. The monoisotopic (exact) mass is 264 g/mol. The zero-order chi connectivity index (χ0) is 12.0. The van der Waals surface area contributed by atoms with E-state index in [0.29, 0.717) is 6.42 Å². The number of halogens is 1. The molecule has 102 valence electrons. The van der Waals surface area contributed by atoms with Gasteiger partial charge in [-0.15, -0.1) is 12.4 Å². The molecule has 1 saturated heterocycles. The summed E-state index contributed by atoms with van der Waals surface area (Å²) in [5.74, 6) is 0.125. The molecule has 1 aliphatic heterocycles. The molecule has 2 unspecified atom stereocenters. The van der Waals surface area contributed by atoms with Crippen LogP contribution in [0.4, 0.5) is 0 Å². The van der Waals surface area contributed by atoms with E-state index in [1.807, 2.05) is 13.8 Å². The summed E-state index contributed by atoms with van der Waals surface area (Å²) in [5.41, 5.74) is -0.277. The van der Waals surface area contributed by atoms with E-state index in [1.54, 1.807) is 0 Å². The van der Waals surface area contributed by atoms with Crippen molar-refractivity contribution in [3.05, 3.63) is 0 Å². The van der Waals surface area contributed by atoms with Crippen LogP contribution < -0.4 is 10.6 Å². The first-order chi connectivity index (χ1) is 7.62. The van der Waals surface area contributed by atoms with Gasteiger partial charge in [0.15, 0.2) is 0 Å².